The van der Waals surface area contributed by atoms with E-state index in [4.69, 9.17) is 4.74 Å². The zero-order chi connectivity index (χ0) is 39.8. The molecule has 0 spiro atoms. The summed E-state index contributed by atoms with van der Waals surface area (Å²) >= 11 is 0. The third-order valence-corrected chi connectivity index (χ3v) is 9.92. The highest BCUT2D eigenvalue weighted by Crippen LogP contribution is 2.29. The number of pyridine rings is 1. The van der Waals surface area contributed by atoms with Gasteiger partial charge in [0.05, 0.1) is 0 Å². The zero-order valence-electron chi connectivity index (χ0n) is 32.0. The van der Waals surface area contributed by atoms with Crippen LogP contribution in [0.5, 0.6) is 0 Å². The number of hydrogen-bond acceptors (Lipinski definition) is 10. The molecule has 16 nitrogen and oxygen atoms in total. The third kappa shape index (κ3) is 10.5. The molecule has 2 aromatic carbocycles. The van der Waals surface area contributed by atoms with Crippen LogP contribution in [0.3, 0.4) is 0 Å². The number of amides is 5. The van der Waals surface area contributed by atoms with Crippen LogP contribution in [0.2, 0.25) is 0 Å². The molecule has 1 saturated carbocycles. The molecule has 2 aliphatic rings. The van der Waals surface area contributed by atoms with Gasteiger partial charge in [0, 0.05) is 47.9 Å². The van der Waals surface area contributed by atoms with Crippen molar-refractivity contribution in [3.63, 3.8) is 0 Å². The van der Waals surface area contributed by atoms with Crippen molar-refractivity contribution in [2.75, 3.05) is 18.4 Å². The van der Waals surface area contributed by atoms with Crippen LogP contribution in [0.25, 0.3) is 22.5 Å². The van der Waals surface area contributed by atoms with Gasteiger partial charge in [-0.2, -0.15) is 5.21 Å². The van der Waals surface area contributed by atoms with Gasteiger partial charge in [-0.1, -0.05) is 30.3 Å². The smallest absolute Gasteiger partial charge is 0.407 e. The number of carbonyl (C=O) groups is 5. The van der Waals surface area contributed by atoms with Crippen molar-refractivity contribution < 1.29 is 28.7 Å². The van der Waals surface area contributed by atoms with Crippen molar-refractivity contribution in [2.45, 2.75) is 83.9 Å². The number of benzene rings is 2. The summed E-state index contributed by atoms with van der Waals surface area (Å²) in [6.07, 6.45) is 3.11. The summed E-state index contributed by atoms with van der Waals surface area (Å²) < 4.78 is 5.35. The highest BCUT2D eigenvalue weighted by atomic mass is 16.6. The molecule has 294 valence electrons. The molecule has 2 fully saturated rings. The summed E-state index contributed by atoms with van der Waals surface area (Å²) in [5.74, 6) is -0.775. The number of nitrogens with one attached hydrogen (secondary N) is 6. The van der Waals surface area contributed by atoms with Crippen molar-refractivity contribution in [3.05, 3.63) is 77.6 Å². The minimum atomic E-state index is -0.875. The molecular weight excluding hydrogens is 717 g/mol. The van der Waals surface area contributed by atoms with Crippen LogP contribution in [0, 0.1) is 18.8 Å². The number of nitrogens with zero attached hydrogens (tertiary/aromatic N) is 4. The Labute approximate surface area is 324 Å². The van der Waals surface area contributed by atoms with E-state index in [2.05, 4.69) is 52.2 Å². The van der Waals surface area contributed by atoms with Gasteiger partial charge in [-0.25, -0.2) is 9.78 Å². The van der Waals surface area contributed by atoms with E-state index in [-0.39, 0.29) is 41.7 Å². The number of rotatable bonds is 12. The maximum absolute atomic E-state index is 13.8. The molecule has 2 aromatic heterocycles. The quantitative estimate of drug-likeness (QED) is 0.122. The zero-order valence-corrected chi connectivity index (χ0v) is 32.0. The first-order valence-corrected chi connectivity index (χ1v) is 18.9. The first-order valence-electron chi connectivity index (χ1n) is 18.9. The average molecular weight is 765 g/mol. The number of ether oxygens (including phenoxy) is 1. The molecule has 1 aliphatic heterocycles. The van der Waals surface area contributed by atoms with E-state index < -0.39 is 29.7 Å². The molecule has 1 aliphatic carbocycles. The Morgan fingerprint density at radius 3 is 2.25 bits per heavy atom. The normalized spacial score (nSPS) is 18.6. The molecule has 4 aromatic rings. The van der Waals surface area contributed by atoms with Gasteiger partial charge < -0.3 is 31.3 Å². The second kappa shape index (κ2) is 17.5. The number of hydrogen-bond donors (Lipinski definition) is 6. The average Bonchev–Trinajstić information content (AvgIpc) is 3.86. The van der Waals surface area contributed by atoms with Crippen LogP contribution in [-0.4, -0.2) is 86.1 Å². The highest BCUT2D eigenvalue weighted by Gasteiger charge is 2.31. The summed E-state index contributed by atoms with van der Waals surface area (Å²) in [5, 5.41) is 28.2. The molecule has 6 rings (SSSR count). The molecule has 5 amide bonds. The Bertz CT molecular complexity index is 2020. The fraction of sp³-hybridized carbons (Fsp3) is 0.425. The lowest BCUT2D eigenvalue weighted by molar-refractivity contribution is -0.130. The molecule has 0 radical (unpaired) electrons. The maximum Gasteiger partial charge on any atom is 0.407 e. The SMILES string of the molecule is Cc1nc(C(=O)NC2CCNC2=O)ccc1-c1ccc(C[C@H](NC(=O)C2CCC(CNC(=O)OC(C)(C)C)CC2)C(=O)Nc2ccc(-c3nn[nH]n3)cc2)cc1. The van der Waals surface area contributed by atoms with E-state index in [9.17, 15) is 24.0 Å². The molecular formula is C40H48N10O6. The first-order chi connectivity index (χ1) is 26.8. The second-order valence-electron chi connectivity index (χ2n) is 15.3. The van der Waals surface area contributed by atoms with Crippen molar-refractivity contribution in [1.29, 1.82) is 0 Å². The molecule has 3 heterocycles. The molecule has 1 unspecified atom stereocenters. The van der Waals surface area contributed by atoms with Gasteiger partial charge in [0.25, 0.3) is 5.91 Å². The number of aromatic nitrogens is 5. The Hall–Kier alpha value is -6.19. The summed E-state index contributed by atoms with van der Waals surface area (Å²) in [7, 11) is 0. The maximum atomic E-state index is 13.8. The van der Waals surface area contributed by atoms with Crippen molar-refractivity contribution in [3.8, 4) is 22.5 Å². The molecule has 2 atom stereocenters. The van der Waals surface area contributed by atoms with E-state index in [0.29, 0.717) is 49.6 Å². The number of aromatic amines is 1. The Balaban J connectivity index is 1.10. The van der Waals surface area contributed by atoms with E-state index in [1.165, 1.54) is 0 Å². The van der Waals surface area contributed by atoms with Crippen LogP contribution < -0.4 is 26.6 Å². The third-order valence-electron chi connectivity index (χ3n) is 9.92. The molecule has 16 heteroatoms. The fourth-order valence-corrected chi connectivity index (χ4v) is 6.90. The number of aryl methyl sites for hydroxylation is 1. The van der Waals surface area contributed by atoms with Gasteiger partial charge in [0.2, 0.25) is 23.5 Å². The number of alkyl carbamates (subject to hydrolysis) is 1. The minimum absolute atomic E-state index is 0.188. The van der Waals surface area contributed by atoms with Crippen LogP contribution in [0.15, 0.2) is 60.7 Å². The predicted molar refractivity (Wildman–Crippen MR) is 207 cm³/mol. The summed E-state index contributed by atoms with van der Waals surface area (Å²) in [5.41, 5.74) is 4.08. The largest absolute Gasteiger partial charge is 0.444 e. The number of tetrazole rings is 1. The molecule has 1 saturated heterocycles. The Kier molecular flexibility index (Phi) is 12.4. The lowest BCUT2D eigenvalue weighted by atomic mass is 9.81. The van der Waals surface area contributed by atoms with Crippen LogP contribution in [0.4, 0.5) is 10.5 Å². The van der Waals surface area contributed by atoms with E-state index in [1.807, 2.05) is 58.0 Å². The Morgan fingerprint density at radius 2 is 1.62 bits per heavy atom. The van der Waals surface area contributed by atoms with E-state index >= 15 is 0 Å². The van der Waals surface area contributed by atoms with Crippen LogP contribution in [-0.2, 0) is 25.5 Å². The summed E-state index contributed by atoms with van der Waals surface area (Å²) in [4.78, 5) is 68.8. The topological polar surface area (TPSA) is 222 Å². The molecule has 6 N–H and O–H groups in total. The lowest BCUT2D eigenvalue weighted by Crippen LogP contribution is -2.48. The Morgan fingerprint density at radius 1 is 0.911 bits per heavy atom. The standard InChI is InChI=1S/C40H48N10O6/c1-23-30(17-18-31(43-23)37(53)45-32-19-20-41-36(32)52)26-9-5-24(6-10-26)21-33(38(54)44-29-15-13-27(14-16-29)34-47-49-50-48-34)46-35(51)28-11-7-25(8-12-28)22-42-39(55)56-40(2,3)4/h5-6,9-10,13-18,25,28,32-33H,7-8,11-12,19-22H2,1-4H3,(H,41,52)(H,42,55)(H,44,54)(H,45,53)(H,46,51)(H,47,48,49,50)/t25?,28?,32?,33-/m0/s1. The van der Waals surface area contributed by atoms with Gasteiger partial charge in [-0.05, 0) is 112 Å². The van der Waals surface area contributed by atoms with E-state index in [1.54, 1.807) is 30.3 Å². The van der Waals surface area contributed by atoms with Crippen molar-refractivity contribution in [2.24, 2.45) is 11.8 Å². The van der Waals surface area contributed by atoms with Crippen molar-refractivity contribution >= 4 is 35.4 Å². The number of H-pyrrole nitrogens is 1. The van der Waals surface area contributed by atoms with Gasteiger partial charge in [0.1, 0.15) is 23.4 Å². The molecule has 56 heavy (non-hydrogen) atoms. The molecule has 0 bridgehead atoms. The van der Waals surface area contributed by atoms with Gasteiger partial charge >= 0.3 is 6.09 Å². The monoisotopic (exact) mass is 764 g/mol. The van der Waals surface area contributed by atoms with Crippen LogP contribution >= 0.6 is 0 Å². The summed E-state index contributed by atoms with van der Waals surface area (Å²) in [6.45, 7) is 8.27. The minimum Gasteiger partial charge on any atom is -0.444 e. The number of anilines is 1. The lowest BCUT2D eigenvalue weighted by Gasteiger charge is -2.29. The van der Waals surface area contributed by atoms with Crippen molar-refractivity contribution in [1.82, 2.24) is 46.9 Å². The second-order valence-corrected chi connectivity index (χ2v) is 15.3. The predicted octanol–water partition coefficient (Wildman–Crippen LogP) is 3.85. The van der Waals surface area contributed by atoms with E-state index in [0.717, 1.165) is 35.1 Å². The van der Waals surface area contributed by atoms with Gasteiger partial charge in [0.15, 0.2) is 0 Å². The fourth-order valence-electron chi connectivity index (χ4n) is 6.90. The first kappa shape index (κ1) is 39.5. The number of carbonyl (C=O) groups excluding carboxylic acids is 5. The highest BCUT2D eigenvalue weighted by molar-refractivity contribution is 5.98. The van der Waals surface area contributed by atoms with Gasteiger partial charge in [-0.3, -0.25) is 19.2 Å². The van der Waals surface area contributed by atoms with Crippen LogP contribution in [0.1, 0.15) is 74.6 Å². The van der Waals surface area contributed by atoms with Gasteiger partial charge in [-0.15, -0.1) is 10.2 Å². The summed E-state index contributed by atoms with van der Waals surface area (Å²) in [6, 6.07) is 16.7.